The number of benzene rings is 1. The Morgan fingerprint density at radius 3 is 2.68 bits per heavy atom. The summed E-state index contributed by atoms with van der Waals surface area (Å²) in [5.74, 6) is -0.0619. The summed E-state index contributed by atoms with van der Waals surface area (Å²) in [6.07, 6.45) is 3.03. The van der Waals surface area contributed by atoms with E-state index >= 15 is 0 Å². The standard InChI is InChI=1S/C17H17FN2O2/c1-10-6-7-15(14(18)8-10)19-16-13(9-21)11-4-3-5-12(11)17(22)20(16)2/h6-9,19H,3-5H2,1-2H3. The van der Waals surface area contributed by atoms with Crippen LogP contribution in [0.15, 0.2) is 23.0 Å². The quantitative estimate of drug-likeness (QED) is 0.887. The first kappa shape index (κ1) is 14.5. The molecule has 1 heterocycles. The normalized spacial score (nSPS) is 13.0. The molecule has 1 N–H and O–H groups in total. The molecule has 0 amide bonds. The summed E-state index contributed by atoms with van der Waals surface area (Å²) in [6, 6.07) is 4.79. The fourth-order valence-electron chi connectivity index (χ4n) is 3.03. The smallest absolute Gasteiger partial charge is 0.255 e. The van der Waals surface area contributed by atoms with Gasteiger partial charge in [0.05, 0.1) is 11.3 Å². The highest BCUT2D eigenvalue weighted by molar-refractivity contribution is 5.87. The van der Waals surface area contributed by atoms with Crippen LogP contribution in [-0.4, -0.2) is 10.9 Å². The summed E-state index contributed by atoms with van der Waals surface area (Å²) in [7, 11) is 1.60. The van der Waals surface area contributed by atoms with E-state index in [-0.39, 0.29) is 11.2 Å². The molecule has 1 aromatic carbocycles. The number of aldehydes is 1. The lowest BCUT2D eigenvalue weighted by atomic mass is 10.1. The zero-order valence-electron chi connectivity index (χ0n) is 12.6. The minimum atomic E-state index is -0.412. The van der Waals surface area contributed by atoms with Crippen molar-refractivity contribution in [2.75, 3.05) is 5.32 Å². The fourth-order valence-corrected chi connectivity index (χ4v) is 3.03. The predicted molar refractivity (Wildman–Crippen MR) is 83.5 cm³/mol. The van der Waals surface area contributed by atoms with Crippen LogP contribution in [-0.2, 0) is 19.9 Å². The van der Waals surface area contributed by atoms with E-state index in [9.17, 15) is 14.0 Å². The van der Waals surface area contributed by atoms with Crippen molar-refractivity contribution in [3.8, 4) is 0 Å². The van der Waals surface area contributed by atoms with Gasteiger partial charge >= 0.3 is 0 Å². The molecule has 1 aliphatic rings. The topological polar surface area (TPSA) is 51.1 Å². The Morgan fingerprint density at radius 1 is 1.27 bits per heavy atom. The van der Waals surface area contributed by atoms with Gasteiger partial charge in [-0.15, -0.1) is 0 Å². The number of pyridine rings is 1. The number of carbonyl (C=O) groups is 1. The lowest BCUT2D eigenvalue weighted by Crippen LogP contribution is -2.25. The van der Waals surface area contributed by atoms with Crippen LogP contribution in [0, 0.1) is 12.7 Å². The van der Waals surface area contributed by atoms with E-state index in [1.165, 1.54) is 10.6 Å². The second-order valence-corrected chi connectivity index (χ2v) is 5.66. The zero-order chi connectivity index (χ0) is 15.9. The molecule has 0 aliphatic heterocycles. The van der Waals surface area contributed by atoms with E-state index in [4.69, 9.17) is 0 Å². The lowest BCUT2D eigenvalue weighted by molar-refractivity contribution is 0.112. The number of nitrogens with zero attached hydrogens (tertiary/aromatic N) is 1. The highest BCUT2D eigenvalue weighted by Crippen LogP contribution is 2.29. The van der Waals surface area contributed by atoms with Crippen LogP contribution >= 0.6 is 0 Å². The Morgan fingerprint density at radius 2 is 2.00 bits per heavy atom. The highest BCUT2D eigenvalue weighted by Gasteiger charge is 2.23. The van der Waals surface area contributed by atoms with Crippen LogP contribution in [0.3, 0.4) is 0 Å². The zero-order valence-corrected chi connectivity index (χ0v) is 12.6. The number of aryl methyl sites for hydroxylation is 1. The largest absolute Gasteiger partial charge is 0.339 e. The first-order chi connectivity index (χ1) is 10.5. The number of anilines is 2. The van der Waals surface area contributed by atoms with Gasteiger partial charge in [0.15, 0.2) is 6.29 Å². The third-order valence-corrected chi connectivity index (χ3v) is 4.19. The van der Waals surface area contributed by atoms with Gasteiger partial charge in [0.2, 0.25) is 0 Å². The summed E-state index contributed by atoms with van der Waals surface area (Å²) in [6.45, 7) is 1.80. The third kappa shape index (κ3) is 2.22. The number of hydrogen-bond acceptors (Lipinski definition) is 3. The Bertz CT molecular complexity index is 824. The maximum absolute atomic E-state index is 14.0. The van der Waals surface area contributed by atoms with Gasteiger partial charge in [-0.25, -0.2) is 4.39 Å². The monoisotopic (exact) mass is 300 g/mol. The van der Waals surface area contributed by atoms with E-state index in [1.807, 2.05) is 0 Å². The molecule has 0 spiro atoms. The molecule has 2 aromatic rings. The van der Waals surface area contributed by atoms with Crippen LogP contribution in [0.25, 0.3) is 0 Å². The highest BCUT2D eigenvalue weighted by atomic mass is 19.1. The van der Waals surface area contributed by atoms with Crippen molar-refractivity contribution in [2.24, 2.45) is 7.05 Å². The predicted octanol–water partition coefficient (Wildman–Crippen LogP) is 2.88. The Balaban J connectivity index is 2.17. The van der Waals surface area contributed by atoms with Crippen LogP contribution < -0.4 is 10.9 Å². The number of carbonyl (C=O) groups excluding carboxylic acids is 1. The van der Waals surface area contributed by atoms with Crippen LogP contribution in [0.2, 0.25) is 0 Å². The van der Waals surface area contributed by atoms with Gasteiger partial charge in [0, 0.05) is 12.6 Å². The summed E-state index contributed by atoms with van der Waals surface area (Å²) in [4.78, 5) is 23.9. The lowest BCUT2D eigenvalue weighted by Gasteiger charge is -2.17. The van der Waals surface area contributed by atoms with Crippen molar-refractivity contribution in [3.63, 3.8) is 0 Å². The van der Waals surface area contributed by atoms with Gasteiger partial charge in [-0.05, 0) is 49.4 Å². The molecule has 0 fully saturated rings. The van der Waals surface area contributed by atoms with Crippen molar-refractivity contribution in [2.45, 2.75) is 26.2 Å². The number of rotatable bonds is 3. The van der Waals surface area contributed by atoms with E-state index in [1.54, 1.807) is 26.1 Å². The number of halogens is 1. The molecule has 0 atom stereocenters. The van der Waals surface area contributed by atoms with E-state index in [0.717, 1.165) is 23.8 Å². The average Bonchev–Trinajstić information content (AvgIpc) is 2.96. The van der Waals surface area contributed by atoms with Gasteiger partial charge in [-0.1, -0.05) is 6.07 Å². The van der Waals surface area contributed by atoms with Crippen LogP contribution in [0.4, 0.5) is 15.9 Å². The second kappa shape index (κ2) is 5.40. The Labute approximate surface area is 127 Å². The first-order valence-corrected chi connectivity index (χ1v) is 7.26. The average molecular weight is 300 g/mol. The van der Waals surface area contributed by atoms with E-state index in [0.29, 0.717) is 29.8 Å². The molecule has 1 aromatic heterocycles. The molecule has 3 rings (SSSR count). The summed E-state index contributed by atoms with van der Waals surface area (Å²) in [5, 5.41) is 2.91. The maximum atomic E-state index is 14.0. The molecular formula is C17H17FN2O2. The van der Waals surface area contributed by atoms with Crippen molar-refractivity contribution in [3.05, 3.63) is 56.6 Å². The minimum absolute atomic E-state index is 0.117. The number of aromatic nitrogens is 1. The molecule has 114 valence electrons. The maximum Gasteiger partial charge on any atom is 0.255 e. The molecule has 0 bridgehead atoms. The Kier molecular flexibility index (Phi) is 3.56. The van der Waals surface area contributed by atoms with Gasteiger partial charge in [0.25, 0.3) is 5.56 Å². The van der Waals surface area contributed by atoms with E-state index < -0.39 is 5.82 Å². The molecule has 0 saturated heterocycles. The summed E-state index contributed by atoms with van der Waals surface area (Å²) >= 11 is 0. The minimum Gasteiger partial charge on any atom is -0.339 e. The van der Waals surface area contributed by atoms with Gasteiger partial charge in [0.1, 0.15) is 11.6 Å². The summed E-state index contributed by atoms with van der Waals surface area (Å²) < 4.78 is 15.4. The van der Waals surface area contributed by atoms with Crippen molar-refractivity contribution in [1.29, 1.82) is 0 Å². The molecular weight excluding hydrogens is 283 g/mol. The summed E-state index contributed by atoms with van der Waals surface area (Å²) in [5.41, 5.74) is 2.90. The Hall–Kier alpha value is -2.43. The van der Waals surface area contributed by atoms with Crippen molar-refractivity contribution >= 4 is 17.8 Å². The first-order valence-electron chi connectivity index (χ1n) is 7.26. The van der Waals surface area contributed by atoms with Gasteiger partial charge in [-0.3, -0.25) is 14.2 Å². The number of nitrogens with one attached hydrogen (secondary N) is 1. The van der Waals surface area contributed by atoms with Gasteiger partial charge < -0.3 is 5.32 Å². The number of hydrogen-bond donors (Lipinski definition) is 1. The van der Waals surface area contributed by atoms with Crippen molar-refractivity contribution in [1.82, 2.24) is 4.57 Å². The SMILES string of the molecule is Cc1ccc(Nc2c(C=O)c3c(c(=O)n2C)CCC3)c(F)c1. The molecule has 1 aliphatic carbocycles. The molecule has 0 saturated carbocycles. The molecule has 5 heteroatoms. The third-order valence-electron chi connectivity index (χ3n) is 4.19. The van der Waals surface area contributed by atoms with Crippen LogP contribution in [0.1, 0.15) is 33.5 Å². The molecule has 0 unspecified atom stereocenters. The van der Waals surface area contributed by atoms with Crippen molar-refractivity contribution < 1.29 is 9.18 Å². The van der Waals surface area contributed by atoms with Crippen LogP contribution in [0.5, 0.6) is 0 Å². The molecule has 22 heavy (non-hydrogen) atoms. The second-order valence-electron chi connectivity index (χ2n) is 5.66. The fraction of sp³-hybridized carbons (Fsp3) is 0.294. The van der Waals surface area contributed by atoms with E-state index in [2.05, 4.69) is 5.32 Å². The van der Waals surface area contributed by atoms with Gasteiger partial charge in [-0.2, -0.15) is 0 Å². The molecule has 0 radical (unpaired) electrons. The number of fused-ring (bicyclic) bond motifs is 1. The molecule has 4 nitrogen and oxygen atoms in total.